The maximum Gasteiger partial charge on any atom is 0.332 e. The smallest absolute Gasteiger partial charge is 0.332 e. The first-order chi connectivity index (χ1) is 23.8. The van der Waals surface area contributed by atoms with Crippen molar-refractivity contribution in [2.75, 3.05) is 20.3 Å². The largest absolute Gasteiger partial charge is 0.466 e. The van der Waals surface area contributed by atoms with Gasteiger partial charge in [-0.3, -0.25) is 33.6 Å². The molecule has 0 spiro atoms. The molecule has 2 aliphatic rings. The van der Waals surface area contributed by atoms with E-state index in [-0.39, 0.29) is 5.70 Å². The van der Waals surface area contributed by atoms with Gasteiger partial charge in [0, 0.05) is 60.2 Å². The molecule has 1 N–H and O–H groups in total. The van der Waals surface area contributed by atoms with Gasteiger partial charge in [0.2, 0.25) is 0 Å². The van der Waals surface area contributed by atoms with Crippen LogP contribution in [0.4, 0.5) is 0 Å². The molecule has 10 atom stereocenters. The van der Waals surface area contributed by atoms with E-state index in [1.54, 1.807) is 0 Å². The Kier molecular flexibility index (Phi) is 16.2. The van der Waals surface area contributed by atoms with Gasteiger partial charge in [-0.1, -0.05) is 0 Å². The van der Waals surface area contributed by atoms with Gasteiger partial charge >= 0.3 is 47.8 Å². The number of allylic oxidation sites excluding steroid dienone is 1. The lowest BCUT2D eigenvalue weighted by Crippen LogP contribution is -2.68. The summed E-state index contributed by atoms with van der Waals surface area (Å²) in [6, 6.07) is 0. The van der Waals surface area contributed by atoms with Crippen molar-refractivity contribution in [1.29, 1.82) is 0 Å². The molecule has 2 aliphatic heterocycles. The first-order valence-electron chi connectivity index (χ1n) is 15.4. The number of carbonyl (C=O) groups excluding carboxylic acids is 8. The minimum atomic E-state index is -1.82. The summed E-state index contributed by atoms with van der Waals surface area (Å²) in [6.07, 6.45) is -14.6. The Hall–Kier alpha value is -4.82. The maximum absolute atomic E-state index is 12.5. The second kappa shape index (κ2) is 19.5. The molecular weight excluding hydrogens is 690 g/mol. The lowest BCUT2D eigenvalue weighted by atomic mass is 9.95. The number of nitrogens with one attached hydrogen (secondary N) is 1. The molecule has 0 unspecified atom stereocenters. The van der Waals surface area contributed by atoms with Crippen LogP contribution < -0.4 is 5.32 Å². The van der Waals surface area contributed by atoms with Crippen molar-refractivity contribution < 1.29 is 90.5 Å². The molecule has 2 rings (SSSR count). The highest BCUT2D eigenvalue weighted by molar-refractivity contribution is 5.82. The minimum Gasteiger partial charge on any atom is -0.466 e. The van der Waals surface area contributed by atoms with Gasteiger partial charge in [-0.25, -0.2) is 4.79 Å². The van der Waals surface area contributed by atoms with Gasteiger partial charge < -0.3 is 57.4 Å². The lowest BCUT2D eigenvalue weighted by Gasteiger charge is -2.49. The zero-order valence-corrected chi connectivity index (χ0v) is 29.5. The van der Waals surface area contributed by atoms with Crippen LogP contribution in [0.3, 0.4) is 0 Å². The van der Waals surface area contributed by atoms with E-state index >= 15 is 0 Å². The van der Waals surface area contributed by atoms with E-state index in [0.717, 1.165) is 61.7 Å². The van der Waals surface area contributed by atoms with Crippen molar-refractivity contribution in [2.24, 2.45) is 0 Å². The molecule has 20 nitrogen and oxygen atoms in total. The van der Waals surface area contributed by atoms with E-state index in [2.05, 4.69) is 10.1 Å². The van der Waals surface area contributed by atoms with Crippen LogP contribution >= 0.6 is 0 Å². The summed E-state index contributed by atoms with van der Waals surface area (Å²) in [7, 11) is 1.15. The van der Waals surface area contributed by atoms with Crippen LogP contribution in [0.15, 0.2) is 11.8 Å². The number of rotatable bonds is 14. The molecular formula is C31H43NO19. The standard InChI is InChI=1S/C31H43NO19/c1-13(10-23(40)41-9)32-30-28(47-19(7)38)26(45-17(5)36)25(21(49-30)11-42-14(2)33)51-31-29(48-20(8)39)27(46-18(6)37)24(44-16(4)35)22(50-31)12-43-15(3)34/h10,21-22,24-32H,11-12H2,1-9H3/b13-10-/t21-,22-,24-,25-,26+,27+,28-,29-,30-,31-/m1/s1. The predicted octanol–water partition coefficient (Wildman–Crippen LogP) is -0.727. The fourth-order valence-electron chi connectivity index (χ4n) is 5.13. The van der Waals surface area contributed by atoms with Crippen molar-refractivity contribution in [3.63, 3.8) is 0 Å². The molecule has 0 aliphatic carbocycles. The van der Waals surface area contributed by atoms with Gasteiger partial charge in [-0.15, -0.1) is 0 Å². The predicted molar refractivity (Wildman–Crippen MR) is 162 cm³/mol. The molecule has 0 aromatic heterocycles. The van der Waals surface area contributed by atoms with Gasteiger partial charge in [0.25, 0.3) is 0 Å². The topological polar surface area (TPSA) is 250 Å². The Balaban J connectivity index is 2.76. The molecule has 0 amide bonds. The van der Waals surface area contributed by atoms with Gasteiger partial charge in [0.05, 0.1) is 7.11 Å². The Morgan fingerprint density at radius 1 is 0.529 bits per heavy atom. The molecule has 2 heterocycles. The fourth-order valence-corrected chi connectivity index (χ4v) is 5.13. The third-order valence-corrected chi connectivity index (χ3v) is 6.83. The van der Waals surface area contributed by atoms with Crippen molar-refractivity contribution in [1.82, 2.24) is 5.32 Å². The first-order valence-corrected chi connectivity index (χ1v) is 15.4. The van der Waals surface area contributed by atoms with Crippen LogP contribution in [0.5, 0.6) is 0 Å². The van der Waals surface area contributed by atoms with Crippen molar-refractivity contribution in [2.45, 2.75) is 117 Å². The molecule has 2 fully saturated rings. The number of carbonyl (C=O) groups is 8. The number of methoxy groups -OCH3 is 1. The summed E-state index contributed by atoms with van der Waals surface area (Å²) in [6.45, 7) is 7.65. The Morgan fingerprint density at radius 2 is 0.941 bits per heavy atom. The summed E-state index contributed by atoms with van der Waals surface area (Å²) in [4.78, 5) is 97.2. The molecule has 0 saturated carbocycles. The summed E-state index contributed by atoms with van der Waals surface area (Å²) in [5.41, 5.74) is 0.149. The Morgan fingerprint density at radius 3 is 1.39 bits per heavy atom. The van der Waals surface area contributed by atoms with Crippen molar-refractivity contribution >= 4 is 47.8 Å². The van der Waals surface area contributed by atoms with Gasteiger partial charge in [-0.2, -0.15) is 0 Å². The first kappa shape index (κ1) is 42.3. The molecule has 51 heavy (non-hydrogen) atoms. The third kappa shape index (κ3) is 13.4. The van der Waals surface area contributed by atoms with E-state index in [1.165, 1.54) is 6.92 Å². The summed E-state index contributed by atoms with van der Waals surface area (Å²) in [5.74, 6) is -6.76. The van der Waals surface area contributed by atoms with E-state index in [9.17, 15) is 38.4 Å². The van der Waals surface area contributed by atoms with E-state index in [0.29, 0.717) is 0 Å². The van der Waals surface area contributed by atoms with Gasteiger partial charge in [-0.05, 0) is 6.92 Å². The van der Waals surface area contributed by atoms with Gasteiger partial charge in [0.15, 0.2) is 43.0 Å². The van der Waals surface area contributed by atoms with E-state index in [4.69, 9.17) is 47.4 Å². The van der Waals surface area contributed by atoms with E-state index in [1.807, 2.05) is 0 Å². The maximum atomic E-state index is 12.5. The highest BCUT2D eigenvalue weighted by Crippen LogP contribution is 2.35. The molecule has 0 aromatic carbocycles. The zero-order chi connectivity index (χ0) is 38.6. The fraction of sp³-hybridized carbons (Fsp3) is 0.677. The van der Waals surface area contributed by atoms with Crippen molar-refractivity contribution in [3.8, 4) is 0 Å². The Bertz CT molecular complexity index is 1350. The summed E-state index contributed by atoms with van der Waals surface area (Å²) in [5, 5.41) is 2.82. The second-order valence-electron chi connectivity index (χ2n) is 11.2. The summed E-state index contributed by atoms with van der Waals surface area (Å²) < 4.78 is 60.8. The van der Waals surface area contributed by atoms with Crippen LogP contribution in [-0.4, -0.2) is 129 Å². The van der Waals surface area contributed by atoms with Gasteiger partial charge in [0.1, 0.15) is 31.5 Å². The number of hydrogen-bond donors (Lipinski definition) is 1. The number of esters is 8. The SMILES string of the molecule is COC(=O)/C=C(/C)N[C@@H]1O[C@H](COC(C)=O)[C@@H](O[C@H]2O[C@H](COC(C)=O)[C@@H](OC(C)=O)[C@H](OC(C)=O)[C@H]2OC(C)=O)[C@H](OC(C)=O)[C@H]1OC(C)=O. The quantitative estimate of drug-likeness (QED) is 0.131. The average molecular weight is 734 g/mol. The Labute approximate surface area is 292 Å². The molecule has 0 radical (unpaired) electrons. The van der Waals surface area contributed by atoms with E-state index < -0.39 is 122 Å². The number of hydrogen-bond acceptors (Lipinski definition) is 20. The molecule has 286 valence electrons. The molecule has 2 saturated heterocycles. The zero-order valence-electron chi connectivity index (χ0n) is 29.5. The highest BCUT2D eigenvalue weighted by Gasteiger charge is 2.57. The number of ether oxygens (including phenoxy) is 11. The summed E-state index contributed by atoms with van der Waals surface area (Å²) >= 11 is 0. The second-order valence-corrected chi connectivity index (χ2v) is 11.2. The monoisotopic (exact) mass is 733 g/mol. The normalized spacial score (nSPS) is 28.9. The molecule has 0 aromatic rings. The minimum absolute atomic E-state index is 0.149. The average Bonchev–Trinajstić information content (AvgIpc) is 2.99. The van der Waals surface area contributed by atoms with Crippen LogP contribution in [0.25, 0.3) is 0 Å². The van der Waals surface area contributed by atoms with Crippen LogP contribution in [0.1, 0.15) is 55.4 Å². The van der Waals surface area contributed by atoms with Crippen LogP contribution in [0, 0.1) is 0 Å². The van der Waals surface area contributed by atoms with Crippen molar-refractivity contribution in [3.05, 3.63) is 11.8 Å². The molecule has 0 bridgehead atoms. The van der Waals surface area contributed by atoms with Crippen LogP contribution in [-0.2, 0) is 90.5 Å². The third-order valence-electron chi connectivity index (χ3n) is 6.83. The molecule has 20 heteroatoms. The lowest BCUT2D eigenvalue weighted by molar-refractivity contribution is -0.345. The highest BCUT2D eigenvalue weighted by atomic mass is 16.8. The van der Waals surface area contributed by atoms with Crippen LogP contribution in [0.2, 0.25) is 0 Å².